The fourth-order valence-electron chi connectivity index (χ4n) is 7.51. The smallest absolute Gasteiger partial charge is 0.417 e. The van der Waals surface area contributed by atoms with Crippen LogP contribution in [0.5, 0.6) is 6.01 Å². The van der Waals surface area contributed by atoms with Crippen LogP contribution in [0.15, 0.2) is 18.2 Å². The molecular formula is C37H39F6N9O2S. The number of fused-ring (bicyclic) bond motifs is 4. The second-order valence-corrected chi connectivity index (χ2v) is 14.1. The zero-order valence-corrected chi connectivity index (χ0v) is 31.6. The van der Waals surface area contributed by atoms with E-state index in [0.29, 0.717) is 35.2 Å². The summed E-state index contributed by atoms with van der Waals surface area (Å²) in [7, 11) is 2.70. The molecule has 0 spiro atoms. The monoisotopic (exact) mass is 787 g/mol. The van der Waals surface area contributed by atoms with Crippen LogP contribution in [0.1, 0.15) is 66.0 Å². The number of nitrogens with one attached hydrogen (secondary N) is 1. The lowest BCUT2D eigenvalue weighted by atomic mass is 9.92. The molecule has 6 heterocycles. The van der Waals surface area contributed by atoms with Gasteiger partial charge in [0, 0.05) is 48.1 Å². The number of amides is 1. The Balaban J connectivity index is 0.000000402. The highest BCUT2D eigenvalue weighted by Crippen LogP contribution is 2.48. The topological polar surface area (TPSA) is 138 Å². The Morgan fingerprint density at radius 1 is 1.16 bits per heavy atom. The summed E-state index contributed by atoms with van der Waals surface area (Å²) in [6.07, 6.45) is -2.27. The predicted molar refractivity (Wildman–Crippen MR) is 198 cm³/mol. The number of thiophene rings is 1. The van der Waals surface area contributed by atoms with E-state index in [4.69, 9.17) is 10.5 Å². The summed E-state index contributed by atoms with van der Waals surface area (Å²) >= 11 is 0.682. The maximum absolute atomic E-state index is 16.6. The molecule has 3 aliphatic rings. The van der Waals surface area contributed by atoms with E-state index in [1.807, 2.05) is 13.8 Å². The number of aromatic nitrogens is 4. The van der Waals surface area contributed by atoms with Crippen molar-refractivity contribution in [1.29, 1.82) is 5.26 Å². The van der Waals surface area contributed by atoms with Gasteiger partial charge in [0.05, 0.1) is 41.7 Å². The van der Waals surface area contributed by atoms with Gasteiger partial charge in [-0.3, -0.25) is 14.4 Å². The molecule has 18 heteroatoms. The van der Waals surface area contributed by atoms with Gasteiger partial charge < -0.3 is 20.7 Å². The van der Waals surface area contributed by atoms with Crippen molar-refractivity contribution in [1.82, 2.24) is 30.0 Å². The number of methoxy groups -OCH3 is 1. The Labute approximate surface area is 316 Å². The Kier molecular flexibility index (Phi) is 11.2. The van der Waals surface area contributed by atoms with Crippen LogP contribution < -0.4 is 20.7 Å². The number of ether oxygens (including phenoxy) is 1. The van der Waals surface area contributed by atoms with Gasteiger partial charge in [0.15, 0.2) is 11.5 Å². The normalized spacial score (nSPS) is 17.9. The Hall–Kier alpha value is -5.15. The zero-order valence-electron chi connectivity index (χ0n) is 30.7. The number of benzene rings is 2. The third-order valence-corrected chi connectivity index (χ3v) is 11.0. The number of nitrogens with zero attached hydrogens (tertiary/aromatic N) is 7. The third kappa shape index (κ3) is 7.10. The highest BCUT2D eigenvalue weighted by molar-refractivity contribution is 7.23. The zero-order chi connectivity index (χ0) is 39.9. The van der Waals surface area contributed by atoms with E-state index in [1.165, 1.54) is 27.0 Å². The first-order valence-electron chi connectivity index (χ1n) is 17.7. The minimum atomic E-state index is -5.09. The van der Waals surface area contributed by atoms with Crippen LogP contribution in [-0.4, -0.2) is 76.6 Å². The van der Waals surface area contributed by atoms with Crippen LogP contribution in [-0.2, 0) is 19.3 Å². The summed E-state index contributed by atoms with van der Waals surface area (Å²) in [5.74, 6) is -2.60. The number of anilines is 2. The predicted octanol–water partition coefficient (Wildman–Crippen LogP) is 7.37. The number of nitrogen functional groups attached to an aromatic ring is 1. The number of rotatable bonds is 4. The lowest BCUT2D eigenvalue weighted by Crippen LogP contribution is -2.35. The average molecular weight is 788 g/mol. The van der Waals surface area contributed by atoms with Crippen molar-refractivity contribution in [3.63, 3.8) is 0 Å². The Morgan fingerprint density at radius 2 is 1.91 bits per heavy atom. The van der Waals surface area contributed by atoms with Crippen LogP contribution in [0.2, 0.25) is 0 Å². The fourth-order valence-corrected chi connectivity index (χ4v) is 8.46. The van der Waals surface area contributed by atoms with Crippen molar-refractivity contribution in [2.75, 3.05) is 44.4 Å². The van der Waals surface area contributed by atoms with E-state index in [9.17, 15) is 32.0 Å². The molecule has 3 aromatic heterocycles. The number of hydrogen-bond acceptors (Lipinski definition) is 10. The number of nitriles is 1. The Bertz CT molecular complexity index is 2310. The molecule has 0 bridgehead atoms. The minimum Gasteiger partial charge on any atom is -0.467 e. The van der Waals surface area contributed by atoms with Crippen molar-refractivity contribution < 1.29 is 35.9 Å². The number of hydrogen-bond donors (Lipinski definition) is 2. The van der Waals surface area contributed by atoms with E-state index in [-0.39, 0.29) is 68.8 Å². The summed E-state index contributed by atoms with van der Waals surface area (Å²) in [6.45, 7) is 8.12. The highest BCUT2D eigenvalue weighted by atomic mass is 32.1. The summed E-state index contributed by atoms with van der Waals surface area (Å²) in [4.78, 5) is 24.6. The van der Waals surface area contributed by atoms with E-state index >= 15 is 4.39 Å². The lowest BCUT2D eigenvalue weighted by Gasteiger charge is -2.30. The van der Waals surface area contributed by atoms with Gasteiger partial charge in [-0.25, -0.2) is 13.2 Å². The van der Waals surface area contributed by atoms with Crippen molar-refractivity contribution >= 4 is 49.1 Å². The molecule has 11 nitrogen and oxygen atoms in total. The van der Waals surface area contributed by atoms with Gasteiger partial charge >= 0.3 is 12.2 Å². The summed E-state index contributed by atoms with van der Waals surface area (Å²) < 4.78 is 94.8. The van der Waals surface area contributed by atoms with E-state index in [1.54, 1.807) is 22.6 Å². The number of halogens is 6. The number of carbonyl (C=O) groups is 1. The fraction of sp³-hybridized carbons (Fsp3) is 0.432. The quantitative estimate of drug-likeness (QED) is 0.179. The molecule has 0 aliphatic carbocycles. The average Bonchev–Trinajstić information content (AvgIpc) is 3.93. The molecule has 3 aliphatic heterocycles. The van der Waals surface area contributed by atoms with Crippen molar-refractivity contribution in [3.05, 3.63) is 57.9 Å². The number of carbonyl (C=O) groups excluding carboxylic acids is 1. The number of alkyl halides is 4. The molecule has 3 N–H and O–H groups in total. The molecule has 2 unspecified atom stereocenters. The maximum atomic E-state index is 16.6. The van der Waals surface area contributed by atoms with Gasteiger partial charge in [-0.05, 0) is 50.4 Å². The van der Waals surface area contributed by atoms with E-state index in [2.05, 4.69) is 25.3 Å². The van der Waals surface area contributed by atoms with Gasteiger partial charge in [0.1, 0.15) is 34.4 Å². The Morgan fingerprint density at radius 3 is 2.56 bits per heavy atom. The minimum absolute atomic E-state index is 0.0297. The summed E-state index contributed by atoms with van der Waals surface area (Å²) in [5, 5.41) is 16.0. The summed E-state index contributed by atoms with van der Waals surface area (Å²) in [6, 6.07) is 4.73. The molecule has 1 amide bonds. The van der Waals surface area contributed by atoms with Crippen LogP contribution in [0, 0.1) is 29.9 Å². The van der Waals surface area contributed by atoms with Gasteiger partial charge in [0.25, 0.3) is 5.91 Å². The molecule has 2 saturated heterocycles. The molecule has 55 heavy (non-hydrogen) atoms. The van der Waals surface area contributed by atoms with Gasteiger partial charge in [-0.1, -0.05) is 19.9 Å². The van der Waals surface area contributed by atoms with Crippen molar-refractivity contribution in [2.45, 2.75) is 71.5 Å². The lowest BCUT2D eigenvalue weighted by molar-refractivity contribution is -0.137. The largest absolute Gasteiger partial charge is 0.467 e. The van der Waals surface area contributed by atoms with E-state index in [0.717, 1.165) is 31.2 Å². The number of nitrogens with two attached hydrogens (primary N) is 1. The molecule has 2 atom stereocenters. The van der Waals surface area contributed by atoms with Gasteiger partial charge in [-0.15, -0.1) is 11.3 Å². The standard InChI is InChI=1S/C28H21F5N8O2S.C7H12FN.C2H6/c1-11-17-10-40(6-7-41(17)39-21(11)26(42)36-2)25-13-8-15(28(31,32)33)19(20(30)22(13)37-27(38-25)43-3)12-4-5-16(29)23-18(12)14(9-34)24(35)44-23;8-6-4-7-2-1-3-9(7)5-6;1-2/h4-5,8H,6-7,10,35H2,1-3H3,(H,36,42);6-7H,1-5H2;1-2H3. The van der Waals surface area contributed by atoms with Crippen molar-refractivity contribution in [3.8, 4) is 23.2 Å². The molecule has 0 radical (unpaired) electrons. The molecule has 8 rings (SSSR count). The van der Waals surface area contributed by atoms with Gasteiger partial charge in [0.2, 0.25) is 0 Å². The SMILES string of the molecule is CC.CNC(=O)c1nn2c(c1C)CN(c1nc(OC)nc3c(F)c(-c4ccc(F)c5sc(N)c(C#N)c45)c(C(F)(F)F)cc13)CC2.FC1CC2CCCN2C1. The van der Waals surface area contributed by atoms with Gasteiger partial charge in [-0.2, -0.15) is 33.5 Å². The molecule has 5 aromatic rings. The molecule has 0 saturated carbocycles. The van der Waals surface area contributed by atoms with Crippen LogP contribution in [0.4, 0.5) is 37.2 Å². The first kappa shape index (κ1) is 39.5. The molecule has 2 fully saturated rings. The second kappa shape index (κ2) is 15.5. The van der Waals surface area contributed by atoms with Crippen LogP contribution in [0.3, 0.4) is 0 Å². The van der Waals surface area contributed by atoms with E-state index < -0.39 is 46.5 Å². The molecular weight excluding hydrogens is 749 g/mol. The van der Waals surface area contributed by atoms with Crippen molar-refractivity contribution in [2.24, 2.45) is 0 Å². The van der Waals surface area contributed by atoms with Crippen LogP contribution in [0.25, 0.3) is 32.1 Å². The third-order valence-electron chi connectivity index (χ3n) is 10.0. The first-order chi connectivity index (χ1) is 26.2. The van der Waals surface area contributed by atoms with Crippen LogP contribution >= 0.6 is 11.3 Å². The molecule has 292 valence electrons. The highest BCUT2D eigenvalue weighted by Gasteiger charge is 2.39. The second-order valence-electron chi connectivity index (χ2n) is 13.1. The maximum Gasteiger partial charge on any atom is 0.417 e. The first-order valence-corrected chi connectivity index (χ1v) is 18.5. The summed E-state index contributed by atoms with van der Waals surface area (Å²) in [5.41, 5.74) is 3.90. The molecule has 2 aromatic carbocycles.